The Kier molecular flexibility index (Phi) is 3.57. The molecule has 0 aromatic heterocycles. The van der Waals surface area contributed by atoms with Crippen LogP contribution < -0.4 is 10.6 Å². The Morgan fingerprint density at radius 3 is 2.44 bits per heavy atom. The van der Waals surface area contributed by atoms with Crippen LogP contribution in [0.4, 0.5) is 5.69 Å². The van der Waals surface area contributed by atoms with Crippen LogP contribution in [0.2, 0.25) is 0 Å². The Labute approximate surface area is 107 Å². The summed E-state index contributed by atoms with van der Waals surface area (Å²) in [5, 5.41) is 9.23. The summed E-state index contributed by atoms with van der Waals surface area (Å²) in [6, 6.07) is 6.65. The molecule has 3 N–H and O–H groups in total. The maximum Gasteiger partial charge on any atom is 0.227 e. The van der Waals surface area contributed by atoms with Gasteiger partial charge in [0.15, 0.2) is 0 Å². The Balaban J connectivity index is 2.02. The molecule has 2 rings (SSSR count). The van der Waals surface area contributed by atoms with Gasteiger partial charge in [0.25, 0.3) is 0 Å². The molecule has 1 saturated carbocycles. The molecule has 0 unspecified atom stereocenters. The molecule has 1 aromatic rings. The number of aromatic hydroxyl groups is 1. The van der Waals surface area contributed by atoms with E-state index in [0.29, 0.717) is 13.0 Å². The number of nitrogens with two attached hydrogens (primary N) is 1. The van der Waals surface area contributed by atoms with Gasteiger partial charge in [0, 0.05) is 19.2 Å². The summed E-state index contributed by atoms with van der Waals surface area (Å²) in [6.07, 6.45) is 3.80. The number of hydrogen-bond acceptors (Lipinski definition) is 3. The maximum absolute atomic E-state index is 12.2. The summed E-state index contributed by atoms with van der Waals surface area (Å²) >= 11 is 0. The first-order valence-electron chi connectivity index (χ1n) is 6.32. The second kappa shape index (κ2) is 4.98. The van der Waals surface area contributed by atoms with Crippen molar-refractivity contribution in [2.75, 3.05) is 18.5 Å². The Morgan fingerprint density at radius 1 is 1.39 bits per heavy atom. The van der Waals surface area contributed by atoms with E-state index in [4.69, 9.17) is 5.73 Å². The molecule has 1 aliphatic carbocycles. The van der Waals surface area contributed by atoms with Gasteiger partial charge in [-0.25, -0.2) is 0 Å². The third-order valence-electron chi connectivity index (χ3n) is 3.98. The SMILES string of the molecule is CN(C(=O)CC1(CN)CCC1)c1ccc(O)cc1. The summed E-state index contributed by atoms with van der Waals surface area (Å²) in [7, 11) is 1.76. The number of carbonyl (C=O) groups is 1. The summed E-state index contributed by atoms with van der Waals surface area (Å²) in [4.78, 5) is 13.8. The fourth-order valence-corrected chi connectivity index (χ4v) is 2.39. The minimum atomic E-state index is 0.0300. The van der Waals surface area contributed by atoms with Crippen LogP contribution >= 0.6 is 0 Å². The van der Waals surface area contributed by atoms with Crippen LogP contribution in [0.5, 0.6) is 5.75 Å². The van der Waals surface area contributed by atoms with Crippen LogP contribution in [0.15, 0.2) is 24.3 Å². The van der Waals surface area contributed by atoms with Gasteiger partial charge in [0.05, 0.1) is 0 Å². The maximum atomic E-state index is 12.2. The normalized spacial score (nSPS) is 17.0. The van der Waals surface area contributed by atoms with Crippen molar-refractivity contribution in [1.29, 1.82) is 0 Å². The first-order chi connectivity index (χ1) is 8.56. The number of rotatable bonds is 4. The van der Waals surface area contributed by atoms with Gasteiger partial charge in [-0.05, 0) is 49.1 Å². The lowest BCUT2D eigenvalue weighted by Crippen LogP contribution is -2.42. The van der Waals surface area contributed by atoms with Gasteiger partial charge in [-0.15, -0.1) is 0 Å². The van der Waals surface area contributed by atoms with E-state index in [1.165, 1.54) is 6.42 Å². The predicted molar refractivity (Wildman–Crippen MR) is 71.5 cm³/mol. The van der Waals surface area contributed by atoms with Crippen LogP contribution in [0, 0.1) is 5.41 Å². The quantitative estimate of drug-likeness (QED) is 0.855. The van der Waals surface area contributed by atoms with Crippen molar-refractivity contribution in [2.24, 2.45) is 11.1 Å². The van der Waals surface area contributed by atoms with Gasteiger partial charge >= 0.3 is 0 Å². The molecule has 1 fully saturated rings. The molecule has 18 heavy (non-hydrogen) atoms. The number of amides is 1. The lowest BCUT2D eigenvalue weighted by atomic mass is 9.66. The molecule has 0 spiro atoms. The van der Waals surface area contributed by atoms with E-state index in [2.05, 4.69) is 0 Å². The molecule has 98 valence electrons. The van der Waals surface area contributed by atoms with E-state index in [9.17, 15) is 9.90 Å². The highest BCUT2D eigenvalue weighted by atomic mass is 16.3. The molecule has 1 amide bonds. The van der Waals surface area contributed by atoms with Crippen molar-refractivity contribution in [2.45, 2.75) is 25.7 Å². The molecular formula is C14H20N2O2. The van der Waals surface area contributed by atoms with Gasteiger partial charge < -0.3 is 15.7 Å². The number of carbonyl (C=O) groups excluding carboxylic acids is 1. The Bertz CT molecular complexity index is 418. The molecule has 0 aliphatic heterocycles. The summed E-state index contributed by atoms with van der Waals surface area (Å²) in [5.74, 6) is 0.294. The zero-order valence-electron chi connectivity index (χ0n) is 10.7. The smallest absolute Gasteiger partial charge is 0.227 e. The van der Waals surface area contributed by atoms with E-state index in [-0.39, 0.29) is 17.1 Å². The first kappa shape index (κ1) is 12.9. The largest absolute Gasteiger partial charge is 0.508 e. The van der Waals surface area contributed by atoms with Crippen LogP contribution in [0.3, 0.4) is 0 Å². The third kappa shape index (κ3) is 2.48. The summed E-state index contributed by atoms with van der Waals surface area (Å²) in [6.45, 7) is 0.585. The summed E-state index contributed by atoms with van der Waals surface area (Å²) < 4.78 is 0. The van der Waals surface area contributed by atoms with Crippen molar-refractivity contribution in [3.05, 3.63) is 24.3 Å². The van der Waals surface area contributed by atoms with E-state index in [0.717, 1.165) is 18.5 Å². The fourth-order valence-electron chi connectivity index (χ4n) is 2.39. The van der Waals surface area contributed by atoms with Gasteiger partial charge in [0.1, 0.15) is 5.75 Å². The average Bonchev–Trinajstić information content (AvgIpc) is 2.33. The van der Waals surface area contributed by atoms with Crippen LogP contribution in [0.1, 0.15) is 25.7 Å². The van der Waals surface area contributed by atoms with Gasteiger partial charge in [-0.3, -0.25) is 4.79 Å². The predicted octanol–water partition coefficient (Wildman–Crippen LogP) is 1.87. The van der Waals surface area contributed by atoms with Crippen molar-refractivity contribution >= 4 is 11.6 Å². The number of benzene rings is 1. The van der Waals surface area contributed by atoms with Crippen molar-refractivity contribution < 1.29 is 9.90 Å². The Hall–Kier alpha value is -1.55. The van der Waals surface area contributed by atoms with Crippen LogP contribution in [-0.2, 0) is 4.79 Å². The molecular weight excluding hydrogens is 228 g/mol. The highest BCUT2D eigenvalue weighted by molar-refractivity contribution is 5.93. The van der Waals surface area contributed by atoms with Crippen molar-refractivity contribution in [3.63, 3.8) is 0 Å². The highest BCUT2D eigenvalue weighted by Gasteiger charge is 2.38. The van der Waals surface area contributed by atoms with Gasteiger partial charge in [-0.2, -0.15) is 0 Å². The number of nitrogens with zero attached hydrogens (tertiary/aromatic N) is 1. The first-order valence-corrected chi connectivity index (χ1v) is 6.32. The minimum Gasteiger partial charge on any atom is -0.508 e. The number of phenols is 1. The van der Waals surface area contributed by atoms with Crippen LogP contribution in [-0.4, -0.2) is 24.6 Å². The zero-order chi connectivity index (χ0) is 13.2. The lowest BCUT2D eigenvalue weighted by molar-refractivity contribution is -0.121. The second-order valence-electron chi connectivity index (χ2n) is 5.20. The molecule has 1 aliphatic rings. The molecule has 1 aromatic carbocycles. The molecule has 0 atom stereocenters. The molecule has 0 heterocycles. The van der Waals surface area contributed by atoms with Crippen LogP contribution in [0.25, 0.3) is 0 Å². The highest BCUT2D eigenvalue weighted by Crippen LogP contribution is 2.43. The minimum absolute atomic E-state index is 0.0300. The molecule has 0 saturated heterocycles. The zero-order valence-corrected chi connectivity index (χ0v) is 10.7. The van der Waals surface area contributed by atoms with Gasteiger partial charge in [-0.1, -0.05) is 6.42 Å². The molecule has 4 nitrogen and oxygen atoms in total. The average molecular weight is 248 g/mol. The fraction of sp³-hybridized carbons (Fsp3) is 0.500. The standard InChI is InChI=1S/C14H20N2O2/c1-16(11-3-5-12(17)6-4-11)13(18)9-14(10-15)7-2-8-14/h3-6,17H,2,7-10,15H2,1H3. The molecule has 4 heteroatoms. The Morgan fingerprint density at radius 2 is 2.00 bits per heavy atom. The number of phenolic OH excluding ortho intramolecular Hbond substituents is 1. The van der Waals surface area contributed by atoms with E-state index in [1.54, 1.807) is 36.2 Å². The second-order valence-corrected chi connectivity index (χ2v) is 5.20. The number of anilines is 1. The summed E-state index contributed by atoms with van der Waals surface area (Å²) in [5.41, 5.74) is 6.60. The lowest BCUT2D eigenvalue weighted by Gasteiger charge is -2.41. The number of hydrogen-bond donors (Lipinski definition) is 2. The van der Waals surface area contributed by atoms with E-state index < -0.39 is 0 Å². The topological polar surface area (TPSA) is 66.6 Å². The third-order valence-corrected chi connectivity index (χ3v) is 3.98. The van der Waals surface area contributed by atoms with E-state index >= 15 is 0 Å². The van der Waals surface area contributed by atoms with Gasteiger partial charge in [0.2, 0.25) is 5.91 Å². The molecule has 0 radical (unpaired) electrons. The van der Waals surface area contributed by atoms with Crippen molar-refractivity contribution in [3.8, 4) is 5.75 Å². The van der Waals surface area contributed by atoms with Crippen molar-refractivity contribution in [1.82, 2.24) is 0 Å². The molecule has 0 bridgehead atoms. The monoisotopic (exact) mass is 248 g/mol. The van der Waals surface area contributed by atoms with E-state index in [1.807, 2.05) is 0 Å².